The molecule has 3 aromatic rings. The van der Waals surface area contributed by atoms with Crippen LogP contribution in [0.1, 0.15) is 0 Å². The number of nitrogen functional groups attached to an aromatic ring is 1. The van der Waals surface area contributed by atoms with Gasteiger partial charge in [-0.2, -0.15) is 0 Å². The van der Waals surface area contributed by atoms with Gasteiger partial charge in [-0.3, -0.25) is 0 Å². The smallest absolute Gasteiger partial charge is 0.219 e. The quantitative estimate of drug-likeness (QED) is 0.787. The molecule has 0 aliphatic heterocycles. The highest BCUT2D eigenvalue weighted by Gasteiger charge is 2.04. The van der Waals surface area contributed by atoms with Crippen LogP contribution in [0.4, 0.5) is 5.82 Å². The molecule has 0 aliphatic carbocycles. The van der Waals surface area contributed by atoms with Gasteiger partial charge in [-0.25, -0.2) is 15.0 Å². The van der Waals surface area contributed by atoms with Crippen molar-refractivity contribution in [1.29, 1.82) is 0 Å². The molecule has 20 heavy (non-hydrogen) atoms. The van der Waals surface area contributed by atoms with Gasteiger partial charge >= 0.3 is 0 Å². The zero-order valence-corrected chi connectivity index (χ0v) is 10.6. The predicted octanol–water partition coefficient (Wildman–Crippen LogP) is 2.91. The minimum Gasteiger partial charge on any atom is -0.439 e. The largest absolute Gasteiger partial charge is 0.439 e. The molecule has 0 bridgehead atoms. The van der Waals surface area contributed by atoms with Gasteiger partial charge in [-0.15, -0.1) is 0 Å². The van der Waals surface area contributed by atoms with Crippen LogP contribution in [-0.4, -0.2) is 15.0 Å². The average molecular weight is 264 g/mol. The lowest BCUT2D eigenvalue weighted by atomic mass is 10.1. The third kappa shape index (κ3) is 2.56. The van der Waals surface area contributed by atoms with E-state index in [2.05, 4.69) is 15.0 Å². The SMILES string of the molecule is Nc1ncncc1-c1ccc(Oc2ccccn2)cc1. The number of anilines is 1. The monoisotopic (exact) mass is 264 g/mol. The number of hydrogen-bond acceptors (Lipinski definition) is 5. The number of benzene rings is 1. The summed E-state index contributed by atoms with van der Waals surface area (Å²) in [6.45, 7) is 0. The number of ether oxygens (including phenoxy) is 1. The van der Waals surface area contributed by atoms with Gasteiger partial charge < -0.3 is 10.5 Å². The van der Waals surface area contributed by atoms with Crippen molar-refractivity contribution in [1.82, 2.24) is 15.0 Å². The van der Waals surface area contributed by atoms with Crippen LogP contribution >= 0.6 is 0 Å². The van der Waals surface area contributed by atoms with Gasteiger partial charge in [0.25, 0.3) is 0 Å². The lowest BCUT2D eigenvalue weighted by Gasteiger charge is -2.06. The topological polar surface area (TPSA) is 73.9 Å². The van der Waals surface area contributed by atoms with Crippen molar-refractivity contribution in [2.45, 2.75) is 0 Å². The number of aromatic nitrogens is 3. The van der Waals surface area contributed by atoms with E-state index in [0.29, 0.717) is 17.4 Å². The van der Waals surface area contributed by atoms with Crippen LogP contribution in [0.5, 0.6) is 11.6 Å². The van der Waals surface area contributed by atoms with Crippen molar-refractivity contribution < 1.29 is 4.74 Å². The Morgan fingerprint density at radius 2 is 1.80 bits per heavy atom. The molecule has 5 nitrogen and oxygen atoms in total. The van der Waals surface area contributed by atoms with E-state index in [9.17, 15) is 0 Å². The molecule has 0 spiro atoms. The molecule has 0 radical (unpaired) electrons. The minimum atomic E-state index is 0.457. The van der Waals surface area contributed by atoms with Crippen LogP contribution in [0.3, 0.4) is 0 Å². The van der Waals surface area contributed by atoms with Crippen LogP contribution in [0.15, 0.2) is 61.2 Å². The Morgan fingerprint density at radius 1 is 0.950 bits per heavy atom. The van der Waals surface area contributed by atoms with Gasteiger partial charge in [0.2, 0.25) is 5.88 Å². The van der Waals surface area contributed by atoms with Crippen molar-refractivity contribution in [2.75, 3.05) is 5.73 Å². The third-order valence-corrected chi connectivity index (χ3v) is 2.77. The van der Waals surface area contributed by atoms with Crippen molar-refractivity contribution >= 4 is 5.82 Å². The maximum absolute atomic E-state index is 5.82. The number of nitrogens with zero attached hydrogens (tertiary/aromatic N) is 3. The number of pyridine rings is 1. The molecule has 1 aromatic carbocycles. The first kappa shape index (κ1) is 12.1. The summed E-state index contributed by atoms with van der Waals surface area (Å²) in [5.74, 6) is 1.73. The van der Waals surface area contributed by atoms with Crippen molar-refractivity contribution in [3.63, 3.8) is 0 Å². The second-order valence-electron chi connectivity index (χ2n) is 4.12. The fraction of sp³-hybridized carbons (Fsp3) is 0. The lowest BCUT2D eigenvalue weighted by Crippen LogP contribution is -1.94. The second-order valence-corrected chi connectivity index (χ2v) is 4.12. The number of nitrogens with two attached hydrogens (primary N) is 1. The average Bonchev–Trinajstić information content (AvgIpc) is 2.50. The van der Waals surface area contributed by atoms with Crippen molar-refractivity contribution in [3.05, 3.63) is 61.2 Å². The van der Waals surface area contributed by atoms with Crippen molar-refractivity contribution in [3.8, 4) is 22.8 Å². The fourth-order valence-electron chi connectivity index (χ4n) is 1.79. The first-order valence-electron chi connectivity index (χ1n) is 6.08. The van der Waals surface area contributed by atoms with Crippen LogP contribution < -0.4 is 10.5 Å². The second kappa shape index (κ2) is 5.36. The highest BCUT2D eigenvalue weighted by Crippen LogP contribution is 2.26. The van der Waals surface area contributed by atoms with Gasteiger partial charge in [-0.1, -0.05) is 18.2 Å². The first-order chi connectivity index (χ1) is 9.83. The lowest BCUT2D eigenvalue weighted by molar-refractivity contribution is 0.463. The molecule has 2 N–H and O–H groups in total. The summed E-state index contributed by atoms with van der Waals surface area (Å²) in [4.78, 5) is 12.1. The van der Waals surface area contributed by atoms with E-state index in [1.807, 2.05) is 36.4 Å². The molecular formula is C15H12N4O. The Morgan fingerprint density at radius 3 is 2.50 bits per heavy atom. The standard InChI is InChI=1S/C15H12N4O/c16-15-13(9-17-10-19-15)11-4-6-12(7-5-11)20-14-3-1-2-8-18-14/h1-10H,(H2,16,17,19). The van der Waals surface area contributed by atoms with Gasteiger partial charge in [0.1, 0.15) is 17.9 Å². The Kier molecular flexibility index (Phi) is 3.24. The molecule has 2 aromatic heterocycles. The maximum Gasteiger partial charge on any atom is 0.219 e. The van der Waals surface area contributed by atoms with E-state index in [4.69, 9.17) is 10.5 Å². The van der Waals surface area contributed by atoms with E-state index in [-0.39, 0.29) is 0 Å². The number of rotatable bonds is 3. The molecule has 0 atom stereocenters. The summed E-state index contributed by atoms with van der Waals surface area (Å²) in [6.07, 6.45) is 4.81. The summed E-state index contributed by atoms with van der Waals surface area (Å²) < 4.78 is 5.63. The molecule has 0 fully saturated rings. The predicted molar refractivity (Wildman–Crippen MR) is 76.2 cm³/mol. The first-order valence-corrected chi connectivity index (χ1v) is 6.08. The zero-order chi connectivity index (χ0) is 13.8. The van der Waals surface area contributed by atoms with Crippen LogP contribution in [0.25, 0.3) is 11.1 Å². The molecule has 2 heterocycles. The highest BCUT2D eigenvalue weighted by molar-refractivity contribution is 5.72. The summed E-state index contributed by atoms with van der Waals surface area (Å²) in [6, 6.07) is 13.1. The molecule has 5 heteroatoms. The molecule has 0 amide bonds. The number of hydrogen-bond donors (Lipinski definition) is 1. The van der Waals surface area contributed by atoms with E-state index in [1.165, 1.54) is 6.33 Å². The summed E-state index contributed by atoms with van der Waals surface area (Å²) >= 11 is 0. The van der Waals surface area contributed by atoms with Crippen LogP contribution in [-0.2, 0) is 0 Å². The van der Waals surface area contributed by atoms with Gasteiger partial charge in [0.05, 0.1) is 0 Å². The molecule has 0 saturated carbocycles. The van der Waals surface area contributed by atoms with Gasteiger partial charge in [0, 0.05) is 24.0 Å². The third-order valence-electron chi connectivity index (χ3n) is 2.77. The van der Waals surface area contributed by atoms with Gasteiger partial charge in [0.15, 0.2) is 0 Å². The van der Waals surface area contributed by atoms with Gasteiger partial charge in [-0.05, 0) is 23.8 Å². The molecule has 98 valence electrons. The molecule has 0 aliphatic rings. The molecule has 3 rings (SSSR count). The minimum absolute atomic E-state index is 0.457. The zero-order valence-electron chi connectivity index (χ0n) is 10.6. The molecule has 0 saturated heterocycles. The van der Waals surface area contributed by atoms with E-state index in [0.717, 1.165) is 11.1 Å². The summed E-state index contributed by atoms with van der Waals surface area (Å²) in [7, 11) is 0. The Hall–Kier alpha value is -2.95. The normalized spacial score (nSPS) is 10.2. The van der Waals surface area contributed by atoms with Crippen LogP contribution in [0, 0.1) is 0 Å². The summed E-state index contributed by atoms with van der Waals surface area (Å²) in [5, 5.41) is 0. The van der Waals surface area contributed by atoms with E-state index >= 15 is 0 Å². The van der Waals surface area contributed by atoms with Crippen molar-refractivity contribution in [2.24, 2.45) is 0 Å². The molecule has 0 unspecified atom stereocenters. The fourth-order valence-corrected chi connectivity index (χ4v) is 1.79. The Balaban J connectivity index is 1.83. The molecular weight excluding hydrogens is 252 g/mol. The Bertz CT molecular complexity index is 699. The van der Waals surface area contributed by atoms with E-state index < -0.39 is 0 Å². The van der Waals surface area contributed by atoms with Crippen LogP contribution in [0.2, 0.25) is 0 Å². The Labute approximate surface area is 116 Å². The highest BCUT2D eigenvalue weighted by atomic mass is 16.5. The maximum atomic E-state index is 5.82. The van der Waals surface area contributed by atoms with E-state index in [1.54, 1.807) is 18.5 Å². The summed E-state index contributed by atoms with van der Waals surface area (Å²) in [5.41, 5.74) is 7.57.